The Hall–Kier alpha value is -1.26. The standard InChI is InChI=1S/C11H13N3S/c1-11(2,12)10-14-9(7-15-10)8-4-3-5-13-6-8/h3-7H,12H2,1-2H3. The molecule has 0 saturated heterocycles. The molecule has 0 aliphatic heterocycles. The first-order valence-electron chi connectivity index (χ1n) is 4.72. The molecule has 2 N–H and O–H groups in total. The monoisotopic (exact) mass is 219 g/mol. The Labute approximate surface area is 93.0 Å². The molecule has 4 heteroatoms. The molecule has 0 aromatic carbocycles. The molecule has 2 rings (SSSR count). The van der Waals surface area contributed by atoms with Crippen LogP contribution in [0, 0.1) is 0 Å². The molecule has 2 aromatic rings. The molecule has 0 spiro atoms. The molecule has 3 nitrogen and oxygen atoms in total. The van der Waals surface area contributed by atoms with Crippen LogP contribution in [0.5, 0.6) is 0 Å². The van der Waals surface area contributed by atoms with Crippen molar-refractivity contribution in [1.82, 2.24) is 9.97 Å². The molecule has 0 aliphatic carbocycles. The molecule has 0 bridgehead atoms. The molecule has 0 aliphatic rings. The minimum Gasteiger partial charge on any atom is -0.320 e. The second-order valence-electron chi connectivity index (χ2n) is 4.00. The van der Waals surface area contributed by atoms with Crippen molar-refractivity contribution < 1.29 is 0 Å². The Bertz CT molecular complexity index is 442. The van der Waals surface area contributed by atoms with Crippen LogP contribution < -0.4 is 5.73 Å². The summed E-state index contributed by atoms with van der Waals surface area (Å²) in [6, 6.07) is 3.90. The van der Waals surface area contributed by atoms with Crippen LogP contribution in [-0.2, 0) is 5.54 Å². The number of pyridine rings is 1. The van der Waals surface area contributed by atoms with Crippen molar-refractivity contribution in [2.75, 3.05) is 0 Å². The lowest BCUT2D eigenvalue weighted by molar-refractivity contribution is 0.551. The molecule has 0 saturated carbocycles. The summed E-state index contributed by atoms with van der Waals surface area (Å²) in [5.74, 6) is 0. The van der Waals surface area contributed by atoms with Gasteiger partial charge in [0.05, 0.1) is 11.2 Å². The van der Waals surface area contributed by atoms with Gasteiger partial charge in [0.2, 0.25) is 0 Å². The summed E-state index contributed by atoms with van der Waals surface area (Å²) in [5.41, 5.74) is 7.59. The van der Waals surface area contributed by atoms with E-state index in [1.54, 1.807) is 17.5 Å². The molecular weight excluding hydrogens is 206 g/mol. The molecule has 78 valence electrons. The third kappa shape index (κ3) is 2.22. The van der Waals surface area contributed by atoms with E-state index in [-0.39, 0.29) is 5.54 Å². The van der Waals surface area contributed by atoms with Crippen LogP contribution in [0.25, 0.3) is 11.3 Å². The highest BCUT2D eigenvalue weighted by Crippen LogP contribution is 2.26. The first-order chi connectivity index (χ1) is 7.07. The maximum Gasteiger partial charge on any atom is 0.113 e. The average Bonchev–Trinajstić information content (AvgIpc) is 2.67. The zero-order chi connectivity index (χ0) is 10.9. The Kier molecular flexibility index (Phi) is 2.54. The van der Waals surface area contributed by atoms with Crippen LogP contribution in [0.2, 0.25) is 0 Å². The molecule has 0 fully saturated rings. The maximum absolute atomic E-state index is 5.98. The number of nitrogens with two attached hydrogens (primary N) is 1. The van der Waals surface area contributed by atoms with Gasteiger partial charge in [-0.3, -0.25) is 4.98 Å². The normalized spacial score (nSPS) is 11.7. The second-order valence-corrected chi connectivity index (χ2v) is 4.86. The van der Waals surface area contributed by atoms with Crippen molar-refractivity contribution in [2.45, 2.75) is 19.4 Å². The molecule has 0 radical (unpaired) electrons. The first kappa shape index (κ1) is 10.3. The number of rotatable bonds is 2. The van der Waals surface area contributed by atoms with Crippen LogP contribution in [-0.4, -0.2) is 9.97 Å². The van der Waals surface area contributed by atoms with Crippen LogP contribution in [0.3, 0.4) is 0 Å². The van der Waals surface area contributed by atoms with Gasteiger partial charge in [0.1, 0.15) is 5.01 Å². The quantitative estimate of drug-likeness (QED) is 0.843. The third-order valence-corrected chi connectivity index (χ3v) is 3.19. The van der Waals surface area contributed by atoms with Gasteiger partial charge in [-0.2, -0.15) is 0 Å². The summed E-state index contributed by atoms with van der Waals surface area (Å²) in [7, 11) is 0. The van der Waals surface area contributed by atoms with E-state index in [0.29, 0.717) is 0 Å². The Morgan fingerprint density at radius 3 is 2.73 bits per heavy atom. The van der Waals surface area contributed by atoms with Crippen molar-refractivity contribution >= 4 is 11.3 Å². The Balaban J connectivity index is 2.37. The smallest absolute Gasteiger partial charge is 0.113 e. The SMILES string of the molecule is CC(C)(N)c1nc(-c2cccnc2)cs1. The van der Waals surface area contributed by atoms with E-state index >= 15 is 0 Å². The van der Waals surface area contributed by atoms with Gasteiger partial charge in [-0.15, -0.1) is 11.3 Å². The van der Waals surface area contributed by atoms with E-state index in [9.17, 15) is 0 Å². The van der Waals surface area contributed by atoms with Gasteiger partial charge >= 0.3 is 0 Å². The molecule has 2 heterocycles. The van der Waals surface area contributed by atoms with Crippen molar-refractivity contribution in [3.63, 3.8) is 0 Å². The van der Waals surface area contributed by atoms with Crippen LogP contribution in [0.1, 0.15) is 18.9 Å². The Morgan fingerprint density at radius 2 is 2.20 bits per heavy atom. The zero-order valence-electron chi connectivity index (χ0n) is 8.77. The van der Waals surface area contributed by atoms with Crippen molar-refractivity contribution in [3.8, 4) is 11.3 Å². The van der Waals surface area contributed by atoms with Gasteiger partial charge in [0, 0.05) is 23.3 Å². The third-order valence-electron chi connectivity index (χ3n) is 2.01. The topological polar surface area (TPSA) is 51.8 Å². The summed E-state index contributed by atoms with van der Waals surface area (Å²) in [6.45, 7) is 3.91. The number of aromatic nitrogens is 2. The highest BCUT2D eigenvalue weighted by Gasteiger charge is 2.18. The van der Waals surface area contributed by atoms with Gasteiger partial charge in [0.15, 0.2) is 0 Å². The van der Waals surface area contributed by atoms with Crippen molar-refractivity contribution in [2.24, 2.45) is 5.73 Å². The fourth-order valence-electron chi connectivity index (χ4n) is 1.22. The largest absolute Gasteiger partial charge is 0.320 e. The summed E-state index contributed by atoms with van der Waals surface area (Å²) >= 11 is 1.59. The van der Waals surface area contributed by atoms with Crippen molar-refractivity contribution in [1.29, 1.82) is 0 Å². The number of hydrogen-bond donors (Lipinski definition) is 1. The van der Waals surface area contributed by atoms with Gasteiger partial charge < -0.3 is 5.73 Å². The summed E-state index contributed by atoms with van der Waals surface area (Å²) in [6.07, 6.45) is 3.56. The lowest BCUT2D eigenvalue weighted by Gasteiger charge is -2.13. The molecule has 0 unspecified atom stereocenters. The van der Waals surface area contributed by atoms with Gasteiger partial charge in [0.25, 0.3) is 0 Å². The minimum absolute atomic E-state index is 0.370. The van der Waals surface area contributed by atoms with Gasteiger partial charge in [-0.05, 0) is 26.0 Å². The molecule has 0 atom stereocenters. The maximum atomic E-state index is 5.98. The molecule has 2 aromatic heterocycles. The van der Waals surface area contributed by atoms with E-state index in [2.05, 4.69) is 9.97 Å². The highest BCUT2D eigenvalue weighted by atomic mass is 32.1. The van der Waals surface area contributed by atoms with Crippen LogP contribution >= 0.6 is 11.3 Å². The van der Waals surface area contributed by atoms with E-state index < -0.39 is 0 Å². The lowest BCUT2D eigenvalue weighted by atomic mass is 10.1. The molecule has 15 heavy (non-hydrogen) atoms. The van der Waals surface area contributed by atoms with E-state index in [1.807, 2.05) is 37.6 Å². The van der Waals surface area contributed by atoms with E-state index in [1.165, 1.54) is 0 Å². The highest BCUT2D eigenvalue weighted by molar-refractivity contribution is 7.10. The molecule has 0 amide bonds. The fraction of sp³-hybridized carbons (Fsp3) is 0.273. The predicted molar refractivity (Wildman–Crippen MR) is 62.6 cm³/mol. The predicted octanol–water partition coefficient (Wildman–Crippen LogP) is 2.40. The summed E-state index contributed by atoms with van der Waals surface area (Å²) < 4.78 is 0. The van der Waals surface area contributed by atoms with Gasteiger partial charge in [-0.1, -0.05) is 0 Å². The summed E-state index contributed by atoms with van der Waals surface area (Å²) in [5, 5.41) is 2.96. The minimum atomic E-state index is -0.370. The van der Waals surface area contributed by atoms with Crippen molar-refractivity contribution in [3.05, 3.63) is 34.9 Å². The molecular formula is C11H13N3S. The number of thiazole rings is 1. The lowest BCUT2D eigenvalue weighted by Crippen LogP contribution is -2.28. The number of hydrogen-bond acceptors (Lipinski definition) is 4. The van der Waals surface area contributed by atoms with E-state index in [0.717, 1.165) is 16.3 Å². The van der Waals surface area contributed by atoms with Crippen LogP contribution in [0.15, 0.2) is 29.9 Å². The zero-order valence-corrected chi connectivity index (χ0v) is 9.58. The Morgan fingerprint density at radius 1 is 1.40 bits per heavy atom. The fourth-order valence-corrected chi connectivity index (χ4v) is 2.08. The first-order valence-corrected chi connectivity index (χ1v) is 5.60. The van der Waals surface area contributed by atoms with Crippen LogP contribution in [0.4, 0.5) is 0 Å². The van der Waals surface area contributed by atoms with E-state index in [4.69, 9.17) is 5.73 Å². The summed E-state index contributed by atoms with van der Waals surface area (Å²) in [4.78, 5) is 8.57. The second kappa shape index (κ2) is 3.72. The average molecular weight is 219 g/mol. The number of nitrogens with zero attached hydrogens (tertiary/aromatic N) is 2. The van der Waals surface area contributed by atoms with Gasteiger partial charge in [-0.25, -0.2) is 4.98 Å².